The zero-order valence-electron chi connectivity index (χ0n) is 9.96. The van der Waals surface area contributed by atoms with Crippen LogP contribution in [0.1, 0.15) is 13.8 Å². The number of nitro groups is 1. The molecule has 0 amide bonds. The van der Waals surface area contributed by atoms with Crippen LogP contribution in [-0.2, 0) is 0 Å². The molecule has 6 heteroatoms. The zero-order valence-corrected chi connectivity index (χ0v) is 9.96. The summed E-state index contributed by atoms with van der Waals surface area (Å²) in [6, 6.07) is 4.52. The van der Waals surface area contributed by atoms with Crippen LogP contribution in [0.25, 0.3) is 0 Å². The topological polar surface area (TPSA) is 92.6 Å². The number of non-ortho nitro benzene ring substituents is 1. The molecule has 0 bridgehead atoms. The highest BCUT2D eigenvalue weighted by atomic mass is 16.6. The van der Waals surface area contributed by atoms with E-state index in [9.17, 15) is 10.1 Å². The number of nitrogens with two attached hydrogens (primary N) is 1. The molecule has 1 rings (SSSR count). The van der Waals surface area contributed by atoms with E-state index in [2.05, 4.69) is 0 Å². The molecule has 0 spiro atoms. The van der Waals surface area contributed by atoms with Crippen molar-refractivity contribution in [2.24, 2.45) is 0 Å². The van der Waals surface area contributed by atoms with Crippen LogP contribution in [-0.4, -0.2) is 29.2 Å². The van der Waals surface area contributed by atoms with Crippen molar-refractivity contribution >= 4 is 17.1 Å². The van der Waals surface area contributed by atoms with Crippen molar-refractivity contribution < 1.29 is 10.0 Å². The average Bonchev–Trinajstić information content (AvgIpc) is 2.26. The fraction of sp³-hybridized carbons (Fsp3) is 0.455. The Kier molecular flexibility index (Phi) is 4.28. The Morgan fingerprint density at radius 1 is 1.53 bits per heavy atom. The highest BCUT2D eigenvalue weighted by Crippen LogP contribution is 2.28. The van der Waals surface area contributed by atoms with Crippen LogP contribution in [0.2, 0.25) is 0 Å². The summed E-state index contributed by atoms with van der Waals surface area (Å²) in [4.78, 5) is 12.0. The van der Waals surface area contributed by atoms with E-state index in [0.29, 0.717) is 17.9 Å². The number of rotatable bonds is 5. The first kappa shape index (κ1) is 13.2. The predicted octanol–water partition coefficient (Wildman–Crippen LogP) is 1.38. The first-order valence-corrected chi connectivity index (χ1v) is 5.38. The lowest BCUT2D eigenvalue weighted by Crippen LogP contribution is -2.33. The van der Waals surface area contributed by atoms with Crippen LogP contribution >= 0.6 is 0 Å². The van der Waals surface area contributed by atoms with Gasteiger partial charge in [0.05, 0.1) is 22.9 Å². The molecule has 0 saturated carbocycles. The number of hydrogen-bond acceptors (Lipinski definition) is 5. The minimum absolute atomic E-state index is 0.00854. The molecule has 0 aliphatic rings. The highest BCUT2D eigenvalue weighted by Gasteiger charge is 2.15. The van der Waals surface area contributed by atoms with Gasteiger partial charge in [-0.25, -0.2) is 0 Å². The van der Waals surface area contributed by atoms with E-state index in [1.54, 1.807) is 6.07 Å². The molecule has 0 radical (unpaired) electrons. The van der Waals surface area contributed by atoms with E-state index >= 15 is 0 Å². The zero-order chi connectivity index (χ0) is 13.0. The van der Waals surface area contributed by atoms with Crippen LogP contribution in [0.3, 0.4) is 0 Å². The fourth-order valence-electron chi connectivity index (χ4n) is 1.68. The van der Waals surface area contributed by atoms with Gasteiger partial charge in [-0.2, -0.15) is 0 Å². The van der Waals surface area contributed by atoms with Crippen LogP contribution in [0.5, 0.6) is 0 Å². The van der Waals surface area contributed by atoms with Crippen LogP contribution in [0.15, 0.2) is 18.2 Å². The molecule has 0 unspecified atom stereocenters. The summed E-state index contributed by atoms with van der Waals surface area (Å²) in [5.74, 6) is 0. The molecule has 0 saturated heterocycles. The van der Waals surface area contributed by atoms with Gasteiger partial charge in [-0.3, -0.25) is 10.1 Å². The number of nitrogen functional groups attached to an aromatic ring is 1. The van der Waals surface area contributed by atoms with Gasteiger partial charge in [0.15, 0.2) is 0 Å². The highest BCUT2D eigenvalue weighted by molar-refractivity contribution is 5.71. The van der Waals surface area contributed by atoms with E-state index in [-0.39, 0.29) is 18.3 Å². The third-order valence-corrected chi connectivity index (χ3v) is 2.50. The minimum Gasteiger partial charge on any atom is -0.397 e. The van der Waals surface area contributed by atoms with Crippen molar-refractivity contribution in [1.29, 1.82) is 0 Å². The molecule has 0 atom stereocenters. The predicted molar refractivity (Wildman–Crippen MR) is 67.1 cm³/mol. The summed E-state index contributed by atoms with van der Waals surface area (Å²) in [6.07, 6.45) is 0. The molecule has 0 fully saturated rings. The molecule has 17 heavy (non-hydrogen) atoms. The maximum Gasteiger partial charge on any atom is 0.271 e. The summed E-state index contributed by atoms with van der Waals surface area (Å²) in [5.41, 5.74) is 6.83. The number of nitrogens with zero attached hydrogens (tertiary/aromatic N) is 2. The Bertz CT molecular complexity index is 407. The van der Waals surface area contributed by atoms with E-state index < -0.39 is 4.92 Å². The van der Waals surface area contributed by atoms with Gasteiger partial charge in [0.1, 0.15) is 0 Å². The van der Waals surface area contributed by atoms with E-state index in [0.717, 1.165) is 0 Å². The molecule has 0 aliphatic carbocycles. The van der Waals surface area contributed by atoms with Gasteiger partial charge in [0.2, 0.25) is 0 Å². The number of aliphatic hydroxyl groups is 1. The fourth-order valence-corrected chi connectivity index (χ4v) is 1.68. The Balaban J connectivity index is 3.08. The first-order valence-electron chi connectivity index (χ1n) is 5.38. The number of nitro benzene ring substituents is 1. The van der Waals surface area contributed by atoms with Crippen LogP contribution < -0.4 is 10.6 Å². The molecule has 1 aromatic rings. The maximum absolute atomic E-state index is 10.6. The van der Waals surface area contributed by atoms with E-state index in [1.165, 1.54) is 12.1 Å². The SMILES string of the molecule is CC(C)N(CCO)c1ccc([N+](=O)[O-])cc1N. The van der Waals surface area contributed by atoms with Crippen molar-refractivity contribution in [2.45, 2.75) is 19.9 Å². The van der Waals surface area contributed by atoms with Crippen molar-refractivity contribution in [3.63, 3.8) is 0 Å². The van der Waals surface area contributed by atoms with Crippen molar-refractivity contribution in [1.82, 2.24) is 0 Å². The number of benzene rings is 1. The lowest BCUT2D eigenvalue weighted by molar-refractivity contribution is -0.384. The summed E-state index contributed by atoms with van der Waals surface area (Å²) in [7, 11) is 0. The monoisotopic (exact) mass is 239 g/mol. The molecule has 94 valence electrons. The van der Waals surface area contributed by atoms with Gasteiger partial charge in [-0.05, 0) is 19.9 Å². The number of hydrogen-bond donors (Lipinski definition) is 2. The number of anilines is 2. The van der Waals surface area contributed by atoms with Crippen molar-refractivity contribution in [2.75, 3.05) is 23.8 Å². The second-order valence-corrected chi connectivity index (χ2v) is 4.01. The van der Waals surface area contributed by atoms with Gasteiger partial charge in [-0.15, -0.1) is 0 Å². The van der Waals surface area contributed by atoms with Crippen LogP contribution in [0, 0.1) is 10.1 Å². The van der Waals surface area contributed by atoms with Gasteiger partial charge >= 0.3 is 0 Å². The van der Waals surface area contributed by atoms with Crippen molar-refractivity contribution in [3.8, 4) is 0 Å². The van der Waals surface area contributed by atoms with E-state index in [1.807, 2.05) is 18.7 Å². The van der Waals surface area contributed by atoms with Crippen LogP contribution in [0.4, 0.5) is 17.1 Å². The first-order chi connectivity index (χ1) is 7.97. The normalized spacial score (nSPS) is 10.6. The summed E-state index contributed by atoms with van der Waals surface area (Å²) in [5, 5.41) is 19.6. The Morgan fingerprint density at radius 2 is 2.18 bits per heavy atom. The molecule has 3 N–H and O–H groups in total. The van der Waals surface area contributed by atoms with Gasteiger partial charge in [0, 0.05) is 24.7 Å². The third kappa shape index (κ3) is 3.07. The molecule has 0 heterocycles. The second-order valence-electron chi connectivity index (χ2n) is 4.01. The van der Waals surface area contributed by atoms with Crippen molar-refractivity contribution in [3.05, 3.63) is 28.3 Å². The maximum atomic E-state index is 10.6. The summed E-state index contributed by atoms with van der Waals surface area (Å²) < 4.78 is 0. The average molecular weight is 239 g/mol. The number of aliphatic hydroxyl groups excluding tert-OH is 1. The largest absolute Gasteiger partial charge is 0.397 e. The Morgan fingerprint density at radius 3 is 2.59 bits per heavy atom. The molecule has 0 aliphatic heterocycles. The Hall–Kier alpha value is -1.82. The molecular formula is C11H17N3O3. The van der Waals surface area contributed by atoms with Gasteiger partial charge in [0.25, 0.3) is 5.69 Å². The minimum atomic E-state index is -0.480. The quantitative estimate of drug-likeness (QED) is 0.460. The van der Waals surface area contributed by atoms with Gasteiger partial charge in [-0.1, -0.05) is 0 Å². The lowest BCUT2D eigenvalue weighted by Gasteiger charge is -2.29. The molecule has 0 aromatic heterocycles. The lowest BCUT2D eigenvalue weighted by atomic mass is 10.2. The summed E-state index contributed by atoms with van der Waals surface area (Å²) >= 11 is 0. The molecule has 1 aromatic carbocycles. The second kappa shape index (κ2) is 5.49. The smallest absolute Gasteiger partial charge is 0.271 e. The molecular weight excluding hydrogens is 222 g/mol. The van der Waals surface area contributed by atoms with Gasteiger partial charge < -0.3 is 15.7 Å². The molecule has 6 nitrogen and oxygen atoms in total. The summed E-state index contributed by atoms with van der Waals surface area (Å²) in [6.45, 7) is 4.39. The Labute approximate surface area is 99.8 Å². The third-order valence-electron chi connectivity index (χ3n) is 2.50. The van der Waals surface area contributed by atoms with E-state index in [4.69, 9.17) is 10.8 Å². The standard InChI is InChI=1S/C11H17N3O3/c1-8(2)13(5-6-15)11-4-3-9(14(16)17)7-10(11)12/h3-4,7-8,15H,5-6,12H2,1-2H3.